The molecule has 0 aliphatic rings. The fourth-order valence-electron chi connectivity index (χ4n) is 0.687. The number of carboxylic acids is 2. The zero-order valence-corrected chi connectivity index (χ0v) is 9.42. The molecule has 0 saturated carbocycles. The Morgan fingerprint density at radius 1 is 1.12 bits per heavy atom. The minimum Gasteiger partial charge on any atom is -0.508 e. The summed E-state index contributed by atoms with van der Waals surface area (Å²) in [6, 6.07) is 5.85. The van der Waals surface area contributed by atoms with Crippen LogP contribution in [0.5, 0.6) is 11.5 Å². The van der Waals surface area contributed by atoms with Crippen molar-refractivity contribution >= 4 is 23.5 Å². The number of benzene rings is 1. The van der Waals surface area contributed by atoms with Gasteiger partial charge < -0.3 is 20.1 Å². The third-order valence-corrected chi connectivity index (χ3v) is 1.54. The molecule has 0 spiro atoms. The summed E-state index contributed by atoms with van der Waals surface area (Å²) in [6.45, 7) is -0.370. The number of halogens is 1. The molecule has 0 aliphatic carbocycles. The van der Waals surface area contributed by atoms with E-state index in [1.54, 1.807) is 0 Å². The standard InChI is InChI=1S/C8H8O4.C2H3ClO2/c9-6-1-3-7(4-2-6)12-5-8(10)11;3-1-2(4)5/h1-4,9H,5H2,(H,10,11);1H2,(H,4,5). The molecule has 0 aromatic heterocycles. The number of carbonyl (C=O) groups is 2. The van der Waals surface area contributed by atoms with Crippen molar-refractivity contribution in [3.63, 3.8) is 0 Å². The Bertz CT molecular complexity index is 362. The predicted octanol–water partition coefficient (Wildman–Crippen LogP) is 1.17. The lowest BCUT2D eigenvalue weighted by atomic mass is 10.3. The largest absolute Gasteiger partial charge is 0.508 e. The van der Waals surface area contributed by atoms with E-state index in [2.05, 4.69) is 0 Å². The fraction of sp³-hybridized carbons (Fsp3) is 0.200. The maximum Gasteiger partial charge on any atom is 0.341 e. The highest BCUT2D eigenvalue weighted by Crippen LogP contribution is 2.15. The maximum absolute atomic E-state index is 10.1. The smallest absolute Gasteiger partial charge is 0.341 e. The first-order chi connectivity index (χ1) is 7.95. The normalized spacial score (nSPS) is 8.76. The third kappa shape index (κ3) is 9.01. The lowest BCUT2D eigenvalue weighted by Gasteiger charge is -2.01. The summed E-state index contributed by atoms with van der Waals surface area (Å²) in [6.07, 6.45) is 0. The summed E-state index contributed by atoms with van der Waals surface area (Å²) in [7, 11) is 0. The van der Waals surface area contributed by atoms with Crippen LogP contribution < -0.4 is 4.74 Å². The molecule has 0 amide bonds. The molecule has 0 atom stereocenters. The summed E-state index contributed by atoms with van der Waals surface area (Å²) in [4.78, 5) is 19.3. The number of hydrogen-bond acceptors (Lipinski definition) is 4. The van der Waals surface area contributed by atoms with E-state index < -0.39 is 11.9 Å². The molecule has 7 heteroatoms. The molecule has 0 bridgehead atoms. The summed E-state index contributed by atoms with van der Waals surface area (Å²) >= 11 is 4.74. The average Bonchev–Trinajstić information content (AvgIpc) is 2.29. The van der Waals surface area contributed by atoms with Crippen LogP contribution in [0, 0.1) is 0 Å². The van der Waals surface area contributed by atoms with Crippen LogP contribution in [0.3, 0.4) is 0 Å². The minimum atomic E-state index is -1.02. The third-order valence-electron chi connectivity index (χ3n) is 1.31. The van der Waals surface area contributed by atoms with E-state index in [-0.39, 0.29) is 18.2 Å². The molecule has 1 rings (SSSR count). The van der Waals surface area contributed by atoms with Gasteiger partial charge in [0.1, 0.15) is 17.4 Å². The van der Waals surface area contributed by atoms with Crippen molar-refractivity contribution in [3.05, 3.63) is 24.3 Å². The first kappa shape index (κ1) is 15.0. The molecule has 0 radical (unpaired) electrons. The van der Waals surface area contributed by atoms with Crippen LogP contribution in [0.15, 0.2) is 24.3 Å². The molecular formula is C10H11ClO6. The van der Waals surface area contributed by atoms with Gasteiger partial charge in [-0.05, 0) is 24.3 Å². The van der Waals surface area contributed by atoms with Crippen molar-refractivity contribution in [3.8, 4) is 11.5 Å². The monoisotopic (exact) mass is 262 g/mol. The molecule has 3 N–H and O–H groups in total. The van der Waals surface area contributed by atoms with Crippen molar-refractivity contribution in [2.24, 2.45) is 0 Å². The summed E-state index contributed by atoms with van der Waals surface area (Å²) < 4.78 is 4.81. The van der Waals surface area contributed by atoms with E-state index in [0.29, 0.717) is 5.75 Å². The Morgan fingerprint density at radius 3 is 1.94 bits per heavy atom. The quantitative estimate of drug-likeness (QED) is 0.704. The van der Waals surface area contributed by atoms with Gasteiger partial charge in [0.05, 0.1) is 0 Å². The lowest BCUT2D eigenvalue weighted by molar-refractivity contribution is -0.139. The molecular weight excluding hydrogens is 252 g/mol. The van der Waals surface area contributed by atoms with Crippen LogP contribution in [0.2, 0.25) is 0 Å². The van der Waals surface area contributed by atoms with Gasteiger partial charge in [-0.3, -0.25) is 4.79 Å². The number of phenols is 1. The Hall–Kier alpha value is -1.95. The number of hydrogen-bond donors (Lipinski definition) is 3. The SMILES string of the molecule is O=C(O)CCl.O=C(O)COc1ccc(O)cc1. The van der Waals surface area contributed by atoms with Crippen molar-refractivity contribution < 1.29 is 29.6 Å². The van der Waals surface area contributed by atoms with Crippen molar-refractivity contribution in [1.82, 2.24) is 0 Å². The number of alkyl halides is 1. The van der Waals surface area contributed by atoms with Crippen molar-refractivity contribution in [2.45, 2.75) is 0 Å². The summed E-state index contributed by atoms with van der Waals surface area (Å²) in [5.41, 5.74) is 0. The number of carboxylic acid groups (broad SMARTS) is 2. The second kappa shape index (κ2) is 8.23. The summed E-state index contributed by atoms with van der Waals surface area (Å²) in [5.74, 6) is -1.76. The van der Waals surface area contributed by atoms with Crippen molar-refractivity contribution in [2.75, 3.05) is 12.5 Å². The molecule has 0 saturated heterocycles. The Balaban J connectivity index is 0.000000437. The van der Waals surface area contributed by atoms with Gasteiger partial charge in [0.15, 0.2) is 6.61 Å². The minimum absolute atomic E-state index is 0.123. The van der Waals surface area contributed by atoms with E-state index in [1.165, 1.54) is 24.3 Å². The highest BCUT2D eigenvalue weighted by Gasteiger charge is 1.97. The van der Waals surface area contributed by atoms with Crippen LogP contribution in [0.1, 0.15) is 0 Å². The first-order valence-electron chi connectivity index (χ1n) is 4.37. The van der Waals surface area contributed by atoms with Crippen molar-refractivity contribution in [1.29, 1.82) is 0 Å². The second-order valence-electron chi connectivity index (χ2n) is 2.70. The molecule has 17 heavy (non-hydrogen) atoms. The van der Waals surface area contributed by atoms with Gasteiger partial charge in [0.25, 0.3) is 0 Å². The Morgan fingerprint density at radius 2 is 1.59 bits per heavy atom. The Kier molecular flexibility index (Phi) is 7.29. The topological polar surface area (TPSA) is 104 Å². The van der Waals surface area contributed by atoms with Gasteiger partial charge in [0, 0.05) is 0 Å². The Labute approximate surface area is 102 Å². The zero-order chi connectivity index (χ0) is 13.3. The summed E-state index contributed by atoms with van der Waals surface area (Å²) in [5, 5.41) is 24.7. The highest BCUT2D eigenvalue weighted by molar-refractivity contribution is 6.26. The maximum atomic E-state index is 10.1. The molecule has 94 valence electrons. The number of aliphatic carboxylic acids is 2. The van der Waals surface area contributed by atoms with Crippen LogP contribution in [0.4, 0.5) is 0 Å². The van der Waals surface area contributed by atoms with Gasteiger partial charge in [-0.25, -0.2) is 4.79 Å². The molecule has 0 heterocycles. The van der Waals surface area contributed by atoms with E-state index in [1.807, 2.05) is 0 Å². The second-order valence-corrected chi connectivity index (χ2v) is 2.97. The molecule has 0 aliphatic heterocycles. The van der Waals surface area contributed by atoms with Gasteiger partial charge in [-0.1, -0.05) is 0 Å². The highest BCUT2D eigenvalue weighted by atomic mass is 35.5. The van der Waals surface area contributed by atoms with Gasteiger partial charge in [-0.15, -0.1) is 11.6 Å². The molecule has 1 aromatic carbocycles. The number of ether oxygens (including phenoxy) is 1. The van der Waals surface area contributed by atoms with Crippen LogP contribution in [-0.2, 0) is 9.59 Å². The molecule has 0 fully saturated rings. The van der Waals surface area contributed by atoms with Crippen LogP contribution >= 0.6 is 11.6 Å². The molecule has 1 aromatic rings. The predicted molar refractivity (Wildman–Crippen MR) is 59.6 cm³/mol. The fourth-order valence-corrected chi connectivity index (χ4v) is 0.687. The molecule has 6 nitrogen and oxygen atoms in total. The number of aromatic hydroxyl groups is 1. The van der Waals surface area contributed by atoms with Crippen LogP contribution in [-0.4, -0.2) is 39.7 Å². The lowest BCUT2D eigenvalue weighted by Crippen LogP contribution is -2.09. The average molecular weight is 263 g/mol. The van der Waals surface area contributed by atoms with E-state index in [4.69, 9.17) is 31.7 Å². The van der Waals surface area contributed by atoms with E-state index in [0.717, 1.165) is 0 Å². The number of rotatable bonds is 4. The van der Waals surface area contributed by atoms with E-state index >= 15 is 0 Å². The van der Waals surface area contributed by atoms with E-state index in [9.17, 15) is 9.59 Å². The zero-order valence-electron chi connectivity index (χ0n) is 8.67. The van der Waals surface area contributed by atoms with Crippen LogP contribution in [0.25, 0.3) is 0 Å². The number of phenolic OH excluding ortho intramolecular Hbond substituents is 1. The van der Waals surface area contributed by atoms with Gasteiger partial charge in [-0.2, -0.15) is 0 Å². The van der Waals surface area contributed by atoms with Gasteiger partial charge in [0.2, 0.25) is 0 Å². The van der Waals surface area contributed by atoms with Gasteiger partial charge >= 0.3 is 11.9 Å². The first-order valence-corrected chi connectivity index (χ1v) is 4.90. The molecule has 0 unspecified atom stereocenters.